The van der Waals surface area contributed by atoms with Crippen LogP contribution < -0.4 is 5.32 Å². The van der Waals surface area contributed by atoms with Gasteiger partial charge in [0.1, 0.15) is 0 Å². The highest BCUT2D eigenvalue weighted by Crippen LogP contribution is 2.27. The van der Waals surface area contributed by atoms with Gasteiger partial charge in [-0.1, -0.05) is 38.5 Å². The molecule has 3 heteroatoms. The summed E-state index contributed by atoms with van der Waals surface area (Å²) in [6.45, 7) is 2.93. The van der Waals surface area contributed by atoms with Crippen LogP contribution in [0.15, 0.2) is 12.3 Å². The summed E-state index contributed by atoms with van der Waals surface area (Å²) in [5.41, 5.74) is 1.10. The number of hydrogen-bond acceptors (Lipinski definition) is 2. The van der Waals surface area contributed by atoms with Crippen LogP contribution in [0.5, 0.6) is 0 Å². The molecule has 1 unspecified atom stereocenters. The molecule has 1 N–H and O–H groups in total. The molecule has 0 saturated heterocycles. The minimum absolute atomic E-state index is 0.171. The molecular weight excluding hydrogens is 234 g/mol. The summed E-state index contributed by atoms with van der Waals surface area (Å²) in [5, 5.41) is 8.08. The highest BCUT2D eigenvalue weighted by molar-refractivity contribution is 5.03. The van der Waals surface area contributed by atoms with Crippen molar-refractivity contribution in [1.82, 2.24) is 15.1 Å². The predicted octanol–water partition coefficient (Wildman–Crippen LogP) is 3.28. The van der Waals surface area contributed by atoms with Crippen LogP contribution in [0.3, 0.4) is 0 Å². The third kappa shape index (κ3) is 4.11. The van der Waals surface area contributed by atoms with Gasteiger partial charge in [0.15, 0.2) is 0 Å². The first-order chi connectivity index (χ1) is 9.33. The van der Waals surface area contributed by atoms with Gasteiger partial charge < -0.3 is 0 Å². The molecule has 0 aromatic carbocycles. The van der Waals surface area contributed by atoms with Crippen LogP contribution in [-0.2, 0) is 6.54 Å². The fourth-order valence-corrected chi connectivity index (χ4v) is 2.78. The fourth-order valence-electron chi connectivity index (χ4n) is 2.78. The van der Waals surface area contributed by atoms with Crippen LogP contribution in [0, 0.1) is 12.3 Å². The first kappa shape index (κ1) is 14.1. The van der Waals surface area contributed by atoms with Crippen LogP contribution in [-0.4, -0.2) is 15.8 Å². The van der Waals surface area contributed by atoms with Crippen molar-refractivity contribution >= 4 is 0 Å². The van der Waals surface area contributed by atoms with Crippen LogP contribution in [0.1, 0.15) is 63.6 Å². The van der Waals surface area contributed by atoms with Gasteiger partial charge in [-0.3, -0.25) is 10.00 Å². The topological polar surface area (TPSA) is 29.9 Å². The molecule has 1 saturated carbocycles. The Morgan fingerprint density at radius 1 is 1.47 bits per heavy atom. The van der Waals surface area contributed by atoms with E-state index in [9.17, 15) is 0 Å². The third-order valence-corrected chi connectivity index (χ3v) is 3.92. The highest BCUT2D eigenvalue weighted by atomic mass is 15.3. The lowest BCUT2D eigenvalue weighted by Gasteiger charge is -2.21. The molecule has 1 aliphatic carbocycles. The summed E-state index contributed by atoms with van der Waals surface area (Å²) in [6, 6.07) is 2.90. The van der Waals surface area contributed by atoms with Crippen molar-refractivity contribution in [2.75, 3.05) is 0 Å². The molecule has 1 aliphatic rings. The zero-order chi connectivity index (χ0) is 13.5. The van der Waals surface area contributed by atoms with Gasteiger partial charge in [0.05, 0.1) is 17.8 Å². The van der Waals surface area contributed by atoms with E-state index in [1.54, 1.807) is 0 Å². The number of rotatable bonds is 6. The Balaban J connectivity index is 1.85. The second kappa shape index (κ2) is 7.35. The molecule has 1 atom stereocenters. The van der Waals surface area contributed by atoms with Gasteiger partial charge in [0, 0.05) is 12.7 Å². The third-order valence-electron chi connectivity index (χ3n) is 3.92. The van der Waals surface area contributed by atoms with Gasteiger partial charge in [0.2, 0.25) is 0 Å². The number of nitrogens with one attached hydrogen (secondary N) is 1. The van der Waals surface area contributed by atoms with E-state index in [1.165, 1.54) is 32.1 Å². The van der Waals surface area contributed by atoms with Crippen molar-refractivity contribution in [2.45, 2.75) is 70.5 Å². The molecule has 0 amide bonds. The summed E-state index contributed by atoms with van der Waals surface area (Å²) in [4.78, 5) is 0. The second-order valence-electron chi connectivity index (χ2n) is 5.47. The molecule has 0 aliphatic heterocycles. The lowest BCUT2D eigenvalue weighted by atomic mass is 9.96. The quantitative estimate of drug-likeness (QED) is 0.795. The fraction of sp³-hybridized carbons (Fsp3) is 0.688. The van der Waals surface area contributed by atoms with Crippen LogP contribution >= 0.6 is 0 Å². The van der Waals surface area contributed by atoms with Gasteiger partial charge in [-0.15, -0.1) is 6.42 Å². The minimum Gasteiger partial charge on any atom is -0.298 e. The van der Waals surface area contributed by atoms with Crippen LogP contribution in [0.25, 0.3) is 0 Å². The number of aromatic nitrogens is 2. The summed E-state index contributed by atoms with van der Waals surface area (Å²) >= 11 is 0. The lowest BCUT2D eigenvalue weighted by Crippen LogP contribution is -2.27. The lowest BCUT2D eigenvalue weighted by molar-refractivity contribution is 0.327. The predicted molar refractivity (Wildman–Crippen MR) is 78.7 cm³/mol. The summed E-state index contributed by atoms with van der Waals surface area (Å²) in [7, 11) is 0. The maximum absolute atomic E-state index is 5.51. The van der Waals surface area contributed by atoms with Crippen molar-refractivity contribution in [2.24, 2.45) is 0 Å². The molecule has 1 fully saturated rings. The summed E-state index contributed by atoms with van der Waals surface area (Å²) < 4.78 is 2.15. The first-order valence-corrected chi connectivity index (χ1v) is 7.57. The Kier molecular flexibility index (Phi) is 5.47. The van der Waals surface area contributed by atoms with Crippen molar-refractivity contribution in [3.8, 4) is 12.3 Å². The minimum atomic E-state index is 0.171. The standard InChI is InChI=1S/C16H25N3/c1-3-8-14(4-2)17-13-15-11-12-19(18-15)16-9-6-5-7-10-16/h2,11-12,14,16-17H,3,5-10,13H2,1H3. The monoisotopic (exact) mass is 259 g/mol. The van der Waals surface area contributed by atoms with Gasteiger partial charge in [0.25, 0.3) is 0 Å². The normalized spacial score (nSPS) is 18.1. The van der Waals surface area contributed by atoms with E-state index >= 15 is 0 Å². The average molecular weight is 259 g/mol. The molecule has 0 radical (unpaired) electrons. The number of nitrogens with zero attached hydrogens (tertiary/aromatic N) is 2. The SMILES string of the molecule is C#CC(CCC)NCc1ccn(C2CCCCC2)n1. The summed E-state index contributed by atoms with van der Waals surface area (Å²) in [5.74, 6) is 2.80. The van der Waals surface area contributed by atoms with E-state index in [0.717, 1.165) is 25.1 Å². The molecule has 2 rings (SSSR count). The van der Waals surface area contributed by atoms with Gasteiger partial charge >= 0.3 is 0 Å². The molecule has 0 spiro atoms. The Morgan fingerprint density at radius 3 is 2.95 bits per heavy atom. The molecule has 19 heavy (non-hydrogen) atoms. The van der Waals surface area contributed by atoms with E-state index < -0.39 is 0 Å². The average Bonchev–Trinajstić information content (AvgIpc) is 2.93. The van der Waals surface area contributed by atoms with Crippen molar-refractivity contribution in [3.05, 3.63) is 18.0 Å². The van der Waals surface area contributed by atoms with E-state index in [0.29, 0.717) is 6.04 Å². The molecule has 1 aromatic rings. The van der Waals surface area contributed by atoms with Crippen molar-refractivity contribution in [3.63, 3.8) is 0 Å². The maximum atomic E-state index is 5.51. The Hall–Kier alpha value is -1.27. The molecule has 1 heterocycles. The molecule has 104 valence electrons. The highest BCUT2D eigenvalue weighted by Gasteiger charge is 2.16. The van der Waals surface area contributed by atoms with Crippen LogP contribution in [0.2, 0.25) is 0 Å². The Labute approximate surface area is 116 Å². The molecular formula is C16H25N3. The second-order valence-corrected chi connectivity index (χ2v) is 5.47. The molecule has 1 aromatic heterocycles. The van der Waals surface area contributed by atoms with Crippen LogP contribution in [0.4, 0.5) is 0 Å². The van der Waals surface area contributed by atoms with E-state index in [2.05, 4.69) is 40.2 Å². The largest absolute Gasteiger partial charge is 0.298 e. The van der Waals surface area contributed by atoms with E-state index in [1.807, 2.05) is 0 Å². The molecule has 0 bridgehead atoms. The smallest absolute Gasteiger partial charge is 0.0762 e. The number of hydrogen-bond donors (Lipinski definition) is 1. The van der Waals surface area contributed by atoms with Gasteiger partial charge in [-0.05, 0) is 25.3 Å². The Morgan fingerprint density at radius 2 is 2.26 bits per heavy atom. The van der Waals surface area contributed by atoms with E-state index in [4.69, 9.17) is 6.42 Å². The zero-order valence-corrected chi connectivity index (χ0v) is 11.9. The number of terminal acetylenes is 1. The Bertz CT molecular complexity index is 410. The zero-order valence-electron chi connectivity index (χ0n) is 11.9. The maximum Gasteiger partial charge on any atom is 0.0762 e. The van der Waals surface area contributed by atoms with E-state index in [-0.39, 0.29) is 6.04 Å². The van der Waals surface area contributed by atoms with Gasteiger partial charge in [-0.25, -0.2) is 0 Å². The van der Waals surface area contributed by atoms with Crippen molar-refractivity contribution < 1.29 is 0 Å². The van der Waals surface area contributed by atoms with Crippen molar-refractivity contribution in [1.29, 1.82) is 0 Å². The molecule has 3 nitrogen and oxygen atoms in total. The van der Waals surface area contributed by atoms with Gasteiger partial charge in [-0.2, -0.15) is 5.10 Å². The first-order valence-electron chi connectivity index (χ1n) is 7.57. The summed E-state index contributed by atoms with van der Waals surface area (Å²) in [6.07, 6.45) is 16.4.